The molecular formula is C13H16O2S. The quantitative estimate of drug-likeness (QED) is 0.593. The highest BCUT2D eigenvalue weighted by molar-refractivity contribution is 7.99. The van der Waals surface area contributed by atoms with Crippen molar-refractivity contribution in [1.29, 1.82) is 0 Å². The van der Waals surface area contributed by atoms with Crippen LogP contribution in [0.5, 0.6) is 0 Å². The van der Waals surface area contributed by atoms with Crippen molar-refractivity contribution in [3.8, 4) is 0 Å². The van der Waals surface area contributed by atoms with Gasteiger partial charge in [-0.3, -0.25) is 4.79 Å². The highest BCUT2D eigenvalue weighted by Gasteiger charge is 2.16. The van der Waals surface area contributed by atoms with Gasteiger partial charge in [0, 0.05) is 22.8 Å². The molecule has 0 saturated carbocycles. The molecule has 0 bridgehead atoms. The molecule has 1 fully saturated rings. The molecule has 1 atom stereocenters. The van der Waals surface area contributed by atoms with Gasteiger partial charge in [0.25, 0.3) is 0 Å². The Kier molecular flexibility index (Phi) is 4.02. The molecule has 1 aromatic rings. The van der Waals surface area contributed by atoms with E-state index < -0.39 is 0 Å². The Hall–Kier alpha value is -0.800. The van der Waals surface area contributed by atoms with Crippen molar-refractivity contribution in [2.45, 2.75) is 30.8 Å². The minimum atomic E-state index is 0.366. The third kappa shape index (κ3) is 2.86. The predicted octanol–water partition coefficient (Wildman–Crippen LogP) is 3.08. The van der Waals surface area contributed by atoms with E-state index in [1.165, 1.54) is 6.42 Å². The molecule has 1 aliphatic rings. The van der Waals surface area contributed by atoms with Gasteiger partial charge in [0.1, 0.15) is 0 Å². The van der Waals surface area contributed by atoms with Crippen molar-refractivity contribution in [2.24, 2.45) is 0 Å². The predicted molar refractivity (Wildman–Crippen MR) is 66.3 cm³/mol. The van der Waals surface area contributed by atoms with Gasteiger partial charge in [0.15, 0.2) is 6.29 Å². The zero-order valence-electron chi connectivity index (χ0n) is 9.44. The number of hydrogen-bond donors (Lipinski definition) is 0. The maximum absolute atomic E-state index is 10.9. The molecule has 2 rings (SSSR count). The zero-order chi connectivity index (χ0) is 11.4. The zero-order valence-corrected chi connectivity index (χ0v) is 10.3. The molecule has 1 aliphatic heterocycles. The molecule has 1 aromatic carbocycles. The largest absolute Gasteiger partial charge is 0.377 e. The summed E-state index contributed by atoms with van der Waals surface area (Å²) in [6.45, 7) is 2.89. The summed E-state index contributed by atoms with van der Waals surface area (Å²) < 4.78 is 5.56. The Labute approximate surface area is 100 Å². The standard InChI is InChI=1S/C13H16O2S/c1-10-4-5-13(11(7-10)8-14)16-9-12-3-2-6-15-12/h4-5,7-8,12H,2-3,6,9H2,1H3. The molecule has 16 heavy (non-hydrogen) atoms. The normalized spacial score (nSPS) is 19.9. The Morgan fingerprint density at radius 3 is 3.12 bits per heavy atom. The number of benzene rings is 1. The van der Waals surface area contributed by atoms with E-state index in [4.69, 9.17) is 4.74 Å². The van der Waals surface area contributed by atoms with E-state index in [1.54, 1.807) is 11.8 Å². The van der Waals surface area contributed by atoms with Crippen molar-refractivity contribution in [3.05, 3.63) is 29.3 Å². The number of rotatable bonds is 4. The van der Waals surface area contributed by atoms with Crippen LogP contribution < -0.4 is 0 Å². The number of ether oxygens (including phenoxy) is 1. The van der Waals surface area contributed by atoms with E-state index in [-0.39, 0.29) is 0 Å². The third-order valence-corrected chi connectivity index (χ3v) is 3.96. The van der Waals surface area contributed by atoms with Crippen LogP contribution in [0.2, 0.25) is 0 Å². The van der Waals surface area contributed by atoms with Gasteiger partial charge in [-0.2, -0.15) is 0 Å². The lowest BCUT2D eigenvalue weighted by atomic mass is 10.2. The molecular weight excluding hydrogens is 220 g/mol. The first-order valence-electron chi connectivity index (χ1n) is 5.60. The Morgan fingerprint density at radius 1 is 1.56 bits per heavy atom. The van der Waals surface area contributed by atoms with Crippen LogP contribution in [0.15, 0.2) is 23.1 Å². The average Bonchev–Trinajstić information content (AvgIpc) is 2.80. The van der Waals surface area contributed by atoms with Gasteiger partial charge in [-0.05, 0) is 31.9 Å². The van der Waals surface area contributed by atoms with E-state index in [0.717, 1.165) is 41.1 Å². The molecule has 1 saturated heterocycles. The van der Waals surface area contributed by atoms with Crippen LogP contribution in [0.1, 0.15) is 28.8 Å². The van der Waals surface area contributed by atoms with Crippen molar-refractivity contribution in [1.82, 2.24) is 0 Å². The van der Waals surface area contributed by atoms with Crippen molar-refractivity contribution in [2.75, 3.05) is 12.4 Å². The van der Waals surface area contributed by atoms with E-state index in [2.05, 4.69) is 0 Å². The van der Waals surface area contributed by atoms with Crippen LogP contribution in [0.4, 0.5) is 0 Å². The number of carbonyl (C=O) groups is 1. The second-order valence-corrected chi connectivity index (χ2v) is 5.17. The Balaban J connectivity index is 1.99. The number of carbonyl (C=O) groups excluding carboxylic acids is 1. The highest BCUT2D eigenvalue weighted by Crippen LogP contribution is 2.26. The number of aryl methyl sites for hydroxylation is 1. The van der Waals surface area contributed by atoms with Crippen LogP contribution in [-0.4, -0.2) is 24.7 Å². The minimum absolute atomic E-state index is 0.366. The summed E-state index contributed by atoms with van der Waals surface area (Å²) in [7, 11) is 0. The Morgan fingerprint density at radius 2 is 2.44 bits per heavy atom. The smallest absolute Gasteiger partial charge is 0.151 e. The molecule has 86 valence electrons. The monoisotopic (exact) mass is 236 g/mol. The fraction of sp³-hybridized carbons (Fsp3) is 0.462. The maximum Gasteiger partial charge on any atom is 0.151 e. The van der Waals surface area contributed by atoms with Gasteiger partial charge >= 0.3 is 0 Å². The summed E-state index contributed by atoms with van der Waals surface area (Å²) in [5, 5.41) is 0. The van der Waals surface area contributed by atoms with Gasteiger partial charge in [-0.15, -0.1) is 11.8 Å². The topological polar surface area (TPSA) is 26.3 Å². The third-order valence-electron chi connectivity index (χ3n) is 2.74. The molecule has 1 unspecified atom stereocenters. The molecule has 0 aromatic heterocycles. The molecule has 2 nitrogen and oxygen atoms in total. The van der Waals surface area contributed by atoms with Gasteiger partial charge in [0.05, 0.1) is 6.10 Å². The van der Waals surface area contributed by atoms with Gasteiger partial charge in [0.2, 0.25) is 0 Å². The second kappa shape index (κ2) is 5.51. The van der Waals surface area contributed by atoms with E-state index >= 15 is 0 Å². The summed E-state index contributed by atoms with van der Waals surface area (Å²) >= 11 is 1.72. The van der Waals surface area contributed by atoms with Crippen molar-refractivity contribution < 1.29 is 9.53 Å². The molecule has 1 heterocycles. The van der Waals surface area contributed by atoms with Crippen LogP contribution in [-0.2, 0) is 4.74 Å². The van der Waals surface area contributed by atoms with Crippen molar-refractivity contribution in [3.63, 3.8) is 0 Å². The van der Waals surface area contributed by atoms with Gasteiger partial charge in [-0.25, -0.2) is 0 Å². The number of aldehydes is 1. The maximum atomic E-state index is 10.9. The first-order chi connectivity index (χ1) is 7.79. The van der Waals surface area contributed by atoms with Crippen LogP contribution in [0.3, 0.4) is 0 Å². The molecule has 0 spiro atoms. The van der Waals surface area contributed by atoms with Gasteiger partial charge < -0.3 is 4.74 Å². The fourth-order valence-electron chi connectivity index (χ4n) is 1.85. The van der Waals surface area contributed by atoms with E-state index in [1.807, 2.05) is 25.1 Å². The fourth-order valence-corrected chi connectivity index (χ4v) is 2.92. The number of hydrogen-bond acceptors (Lipinski definition) is 3. The lowest BCUT2D eigenvalue weighted by molar-refractivity contribution is 0.112. The van der Waals surface area contributed by atoms with Crippen LogP contribution in [0.25, 0.3) is 0 Å². The number of thioether (sulfide) groups is 1. The summed E-state index contributed by atoms with van der Waals surface area (Å²) in [5.41, 5.74) is 1.92. The minimum Gasteiger partial charge on any atom is -0.377 e. The summed E-state index contributed by atoms with van der Waals surface area (Å²) in [4.78, 5) is 12.0. The van der Waals surface area contributed by atoms with Crippen LogP contribution >= 0.6 is 11.8 Å². The van der Waals surface area contributed by atoms with Crippen LogP contribution in [0, 0.1) is 6.92 Å². The van der Waals surface area contributed by atoms with E-state index in [0.29, 0.717) is 6.10 Å². The summed E-state index contributed by atoms with van der Waals surface area (Å²) in [6, 6.07) is 6.01. The summed E-state index contributed by atoms with van der Waals surface area (Å²) in [5.74, 6) is 0.948. The SMILES string of the molecule is Cc1ccc(SCC2CCCO2)c(C=O)c1. The molecule has 0 aliphatic carbocycles. The van der Waals surface area contributed by atoms with E-state index in [9.17, 15) is 4.79 Å². The first-order valence-corrected chi connectivity index (χ1v) is 6.58. The highest BCUT2D eigenvalue weighted by atomic mass is 32.2. The van der Waals surface area contributed by atoms with Gasteiger partial charge in [-0.1, -0.05) is 11.6 Å². The lowest BCUT2D eigenvalue weighted by Crippen LogP contribution is -2.08. The molecule has 0 N–H and O–H groups in total. The first kappa shape index (κ1) is 11.7. The molecule has 0 amide bonds. The average molecular weight is 236 g/mol. The lowest BCUT2D eigenvalue weighted by Gasteiger charge is -2.10. The Bertz CT molecular complexity index is 370. The molecule has 3 heteroatoms. The van der Waals surface area contributed by atoms with Crippen molar-refractivity contribution >= 4 is 18.0 Å². The molecule has 0 radical (unpaired) electrons. The summed E-state index contributed by atoms with van der Waals surface area (Å²) in [6.07, 6.45) is 3.62. The second-order valence-electron chi connectivity index (χ2n) is 4.11.